The average Bonchev–Trinajstić information content (AvgIpc) is 2.36. The van der Waals surface area contributed by atoms with Gasteiger partial charge in [0.2, 0.25) is 5.91 Å². The largest absolute Gasteiger partial charge is 0.353 e. The van der Waals surface area contributed by atoms with Crippen LogP contribution in [-0.4, -0.2) is 30.0 Å². The van der Waals surface area contributed by atoms with Crippen LogP contribution < -0.4 is 11.1 Å². The Kier molecular flexibility index (Phi) is 6.97. The summed E-state index contributed by atoms with van der Waals surface area (Å²) >= 11 is 1.93. The van der Waals surface area contributed by atoms with Crippen LogP contribution in [0.2, 0.25) is 0 Å². The minimum atomic E-state index is 0.105. The van der Waals surface area contributed by atoms with Crippen molar-refractivity contribution in [2.75, 3.05) is 12.8 Å². The molecule has 1 aliphatic rings. The van der Waals surface area contributed by atoms with E-state index in [0.29, 0.717) is 12.6 Å². The van der Waals surface area contributed by atoms with Gasteiger partial charge in [-0.2, -0.15) is 11.8 Å². The molecule has 4 heteroatoms. The Balaban J connectivity index is 2.29. The summed E-state index contributed by atoms with van der Waals surface area (Å²) in [4.78, 5) is 12.0. The van der Waals surface area contributed by atoms with Crippen LogP contribution in [0.15, 0.2) is 0 Å². The number of hydrogen-bond acceptors (Lipinski definition) is 3. The average molecular weight is 258 g/mol. The zero-order chi connectivity index (χ0) is 12.7. The van der Waals surface area contributed by atoms with Gasteiger partial charge in [-0.25, -0.2) is 0 Å². The molecule has 0 aromatic rings. The summed E-state index contributed by atoms with van der Waals surface area (Å²) in [7, 11) is 0. The molecule has 3 unspecified atom stereocenters. The van der Waals surface area contributed by atoms with Crippen molar-refractivity contribution in [3.05, 3.63) is 0 Å². The third-order valence-electron chi connectivity index (χ3n) is 3.59. The third-order valence-corrected chi connectivity index (χ3v) is 4.69. The molecule has 0 saturated heterocycles. The lowest BCUT2D eigenvalue weighted by molar-refractivity contribution is -0.125. The predicted molar refractivity (Wildman–Crippen MR) is 75.2 cm³/mol. The van der Waals surface area contributed by atoms with Gasteiger partial charge in [0.25, 0.3) is 0 Å². The third kappa shape index (κ3) is 5.30. The maximum atomic E-state index is 12.0. The number of hydrogen-bond donors (Lipinski definition) is 2. The fourth-order valence-electron chi connectivity index (χ4n) is 2.39. The van der Waals surface area contributed by atoms with Gasteiger partial charge in [0.05, 0.1) is 0 Å². The fourth-order valence-corrected chi connectivity index (χ4v) is 3.22. The molecule has 100 valence electrons. The van der Waals surface area contributed by atoms with Crippen LogP contribution in [0, 0.1) is 5.92 Å². The molecule has 17 heavy (non-hydrogen) atoms. The molecule has 0 aliphatic heterocycles. The van der Waals surface area contributed by atoms with Gasteiger partial charge in [0, 0.05) is 17.2 Å². The van der Waals surface area contributed by atoms with Crippen LogP contribution in [0.3, 0.4) is 0 Å². The van der Waals surface area contributed by atoms with Crippen molar-refractivity contribution in [3.63, 3.8) is 0 Å². The van der Waals surface area contributed by atoms with Gasteiger partial charge >= 0.3 is 0 Å². The first-order valence-corrected chi connectivity index (χ1v) is 7.99. The van der Waals surface area contributed by atoms with Crippen LogP contribution in [0.4, 0.5) is 0 Å². The van der Waals surface area contributed by atoms with Gasteiger partial charge in [-0.3, -0.25) is 4.79 Å². The van der Waals surface area contributed by atoms with Gasteiger partial charge < -0.3 is 11.1 Å². The van der Waals surface area contributed by atoms with Crippen molar-refractivity contribution in [2.45, 2.75) is 56.7 Å². The molecule has 1 fully saturated rings. The lowest BCUT2D eigenvalue weighted by atomic mass is 9.94. The molecule has 3 N–H and O–H groups in total. The zero-order valence-corrected chi connectivity index (χ0v) is 11.9. The molecule has 0 aromatic carbocycles. The summed E-state index contributed by atoms with van der Waals surface area (Å²) in [6, 6.07) is 0.397. The number of nitrogens with two attached hydrogens (primary N) is 1. The van der Waals surface area contributed by atoms with Crippen molar-refractivity contribution in [2.24, 2.45) is 11.7 Å². The van der Waals surface area contributed by atoms with Gasteiger partial charge in [0.1, 0.15) is 0 Å². The zero-order valence-electron chi connectivity index (χ0n) is 11.1. The molecule has 3 nitrogen and oxygen atoms in total. The highest BCUT2D eigenvalue weighted by Gasteiger charge is 2.24. The number of nitrogens with one attached hydrogen (secondary N) is 1. The Bertz CT molecular complexity index is 235. The Morgan fingerprint density at radius 3 is 2.94 bits per heavy atom. The van der Waals surface area contributed by atoms with Crippen molar-refractivity contribution >= 4 is 17.7 Å². The lowest BCUT2D eigenvalue weighted by Gasteiger charge is -2.29. The number of thioether (sulfide) groups is 1. The Morgan fingerprint density at radius 2 is 2.29 bits per heavy atom. The summed E-state index contributed by atoms with van der Waals surface area (Å²) in [6.07, 6.45) is 8.83. The van der Waals surface area contributed by atoms with E-state index >= 15 is 0 Å². The van der Waals surface area contributed by atoms with Crippen molar-refractivity contribution in [3.8, 4) is 0 Å². The Morgan fingerprint density at radius 1 is 1.53 bits per heavy atom. The van der Waals surface area contributed by atoms with E-state index in [1.54, 1.807) is 0 Å². The van der Waals surface area contributed by atoms with E-state index in [1.165, 1.54) is 12.8 Å². The minimum absolute atomic E-state index is 0.105. The first-order valence-electron chi connectivity index (χ1n) is 6.70. The maximum absolute atomic E-state index is 12.0. The summed E-state index contributed by atoms with van der Waals surface area (Å²) in [5, 5.41) is 3.93. The van der Waals surface area contributed by atoms with Crippen LogP contribution in [0.5, 0.6) is 0 Å². The van der Waals surface area contributed by atoms with Crippen LogP contribution in [0.1, 0.15) is 45.4 Å². The smallest absolute Gasteiger partial charge is 0.223 e. The molecule has 1 amide bonds. The van der Waals surface area contributed by atoms with Crippen LogP contribution >= 0.6 is 11.8 Å². The summed E-state index contributed by atoms with van der Waals surface area (Å²) in [6.45, 7) is 2.68. The second-order valence-corrected chi connectivity index (χ2v) is 6.20. The van der Waals surface area contributed by atoms with Crippen LogP contribution in [-0.2, 0) is 4.79 Å². The van der Waals surface area contributed by atoms with E-state index in [2.05, 4.69) is 11.6 Å². The molecule has 0 heterocycles. The van der Waals surface area contributed by atoms with E-state index in [4.69, 9.17) is 5.73 Å². The Labute approximate surface area is 109 Å². The van der Waals surface area contributed by atoms with Gasteiger partial charge in [0.15, 0.2) is 0 Å². The molecular formula is C13H26N2OS. The van der Waals surface area contributed by atoms with Crippen molar-refractivity contribution in [1.29, 1.82) is 0 Å². The SMILES string of the molecule is CSC1CCCC(NC(=O)C(C)CCCN)C1. The van der Waals surface area contributed by atoms with Gasteiger partial charge in [-0.15, -0.1) is 0 Å². The van der Waals surface area contributed by atoms with E-state index in [0.717, 1.165) is 30.9 Å². The van der Waals surface area contributed by atoms with Gasteiger partial charge in [-0.05, 0) is 44.9 Å². The van der Waals surface area contributed by atoms with E-state index in [1.807, 2.05) is 18.7 Å². The quantitative estimate of drug-likeness (QED) is 0.767. The highest BCUT2D eigenvalue weighted by Crippen LogP contribution is 2.27. The number of carbonyl (C=O) groups is 1. The first-order chi connectivity index (χ1) is 8.17. The molecular weight excluding hydrogens is 232 g/mol. The number of rotatable bonds is 6. The summed E-state index contributed by atoms with van der Waals surface area (Å²) in [5.74, 6) is 0.318. The molecule has 0 radical (unpaired) electrons. The fraction of sp³-hybridized carbons (Fsp3) is 0.923. The predicted octanol–water partition coefficient (Wildman–Crippen LogP) is 2.15. The first kappa shape index (κ1) is 14.8. The second-order valence-electron chi connectivity index (χ2n) is 5.06. The monoisotopic (exact) mass is 258 g/mol. The molecule has 3 atom stereocenters. The normalized spacial score (nSPS) is 26.5. The molecule has 1 aliphatic carbocycles. The second kappa shape index (κ2) is 7.98. The van der Waals surface area contributed by atoms with Crippen molar-refractivity contribution in [1.82, 2.24) is 5.32 Å². The standard InChI is InChI=1S/C13H26N2OS/c1-10(5-4-8-14)13(16)15-11-6-3-7-12(9-11)17-2/h10-12H,3-9,14H2,1-2H3,(H,15,16). The Hall–Kier alpha value is -0.220. The van der Waals surface area contributed by atoms with E-state index < -0.39 is 0 Å². The highest BCUT2D eigenvalue weighted by molar-refractivity contribution is 7.99. The minimum Gasteiger partial charge on any atom is -0.353 e. The molecule has 1 rings (SSSR count). The molecule has 0 aromatic heterocycles. The van der Waals surface area contributed by atoms with Gasteiger partial charge in [-0.1, -0.05) is 13.3 Å². The summed E-state index contributed by atoms with van der Waals surface area (Å²) < 4.78 is 0. The van der Waals surface area contributed by atoms with Crippen molar-refractivity contribution < 1.29 is 4.79 Å². The van der Waals surface area contributed by atoms with Crippen LogP contribution in [0.25, 0.3) is 0 Å². The van der Waals surface area contributed by atoms with E-state index in [9.17, 15) is 4.79 Å². The molecule has 0 bridgehead atoms. The lowest BCUT2D eigenvalue weighted by Crippen LogP contribution is -2.41. The maximum Gasteiger partial charge on any atom is 0.223 e. The molecule has 1 saturated carbocycles. The summed E-state index contributed by atoms with van der Waals surface area (Å²) in [5.41, 5.74) is 5.46. The number of carbonyl (C=O) groups excluding carboxylic acids is 1. The topological polar surface area (TPSA) is 55.1 Å². The highest BCUT2D eigenvalue weighted by atomic mass is 32.2. The van der Waals surface area contributed by atoms with E-state index in [-0.39, 0.29) is 11.8 Å². The number of amides is 1. The molecule has 0 spiro atoms.